The number of carbonyl (C=O) groups excluding carboxylic acids is 2. The van der Waals surface area contributed by atoms with Gasteiger partial charge < -0.3 is 14.7 Å². The number of anilines is 1. The van der Waals surface area contributed by atoms with Gasteiger partial charge in [0.2, 0.25) is 5.91 Å². The molecular weight excluding hydrogens is 396 g/mol. The molecule has 3 aromatic rings. The summed E-state index contributed by atoms with van der Waals surface area (Å²) in [5.74, 6) is 0.203. The maximum atomic E-state index is 13.0. The molecule has 2 saturated heterocycles. The number of nitrogens with zero attached hydrogens (tertiary/aromatic N) is 3. The maximum Gasteiger partial charge on any atom is 0.254 e. The minimum atomic E-state index is 0.0579. The molecule has 0 atom stereocenters. The van der Waals surface area contributed by atoms with Crippen LogP contribution in [-0.4, -0.2) is 54.4 Å². The number of benzene rings is 2. The van der Waals surface area contributed by atoms with Gasteiger partial charge >= 0.3 is 0 Å². The number of hydrogen-bond donors (Lipinski definition) is 1. The fraction of sp³-hybridized carbons (Fsp3) is 0.348. The van der Waals surface area contributed by atoms with Crippen LogP contribution in [0.1, 0.15) is 28.2 Å². The van der Waals surface area contributed by atoms with Crippen LogP contribution in [0.25, 0.3) is 10.2 Å². The maximum absolute atomic E-state index is 13.0. The molecule has 0 saturated carbocycles. The highest BCUT2D eigenvalue weighted by Crippen LogP contribution is 2.23. The monoisotopic (exact) mass is 421 g/mol. The van der Waals surface area contributed by atoms with Crippen molar-refractivity contribution in [2.24, 2.45) is 0 Å². The average molecular weight is 422 g/mol. The lowest BCUT2D eigenvalue weighted by molar-refractivity contribution is -0.917. The molecule has 154 valence electrons. The van der Waals surface area contributed by atoms with E-state index in [9.17, 15) is 9.59 Å². The molecule has 2 fully saturated rings. The van der Waals surface area contributed by atoms with Gasteiger partial charge in [-0.1, -0.05) is 18.2 Å². The molecule has 0 aliphatic carbocycles. The molecule has 0 radical (unpaired) electrons. The molecule has 2 aliphatic rings. The first-order chi connectivity index (χ1) is 14.7. The number of rotatable bonds is 4. The largest absolute Gasteiger partial charge is 0.327 e. The molecule has 3 heterocycles. The summed E-state index contributed by atoms with van der Waals surface area (Å²) in [6, 6.07) is 15.8. The number of piperazine rings is 1. The summed E-state index contributed by atoms with van der Waals surface area (Å²) in [7, 11) is 0. The second-order valence-corrected chi connectivity index (χ2v) is 9.11. The Morgan fingerprint density at radius 3 is 2.67 bits per heavy atom. The molecule has 0 unspecified atom stereocenters. The highest BCUT2D eigenvalue weighted by atomic mass is 32.1. The Morgan fingerprint density at radius 2 is 1.90 bits per heavy atom. The lowest BCUT2D eigenvalue weighted by atomic mass is 10.1. The van der Waals surface area contributed by atoms with E-state index in [0.29, 0.717) is 12.0 Å². The summed E-state index contributed by atoms with van der Waals surface area (Å²) < 4.78 is 1.23. The number of quaternary nitrogens is 1. The quantitative estimate of drug-likeness (QED) is 0.701. The fourth-order valence-corrected chi connectivity index (χ4v) is 5.36. The Kier molecular flexibility index (Phi) is 5.23. The lowest BCUT2D eigenvalue weighted by Gasteiger charge is -2.32. The minimum Gasteiger partial charge on any atom is -0.327 e. The van der Waals surface area contributed by atoms with E-state index in [-0.39, 0.29) is 11.8 Å². The first kappa shape index (κ1) is 19.2. The van der Waals surface area contributed by atoms with Crippen molar-refractivity contribution < 1.29 is 14.5 Å². The molecule has 0 bridgehead atoms. The molecule has 2 aromatic carbocycles. The van der Waals surface area contributed by atoms with Crippen LogP contribution in [0.5, 0.6) is 0 Å². The second-order valence-electron chi connectivity index (χ2n) is 7.99. The number of aromatic nitrogens is 1. The Balaban J connectivity index is 1.21. The zero-order chi connectivity index (χ0) is 20.5. The van der Waals surface area contributed by atoms with Gasteiger partial charge in [-0.3, -0.25) is 9.59 Å². The van der Waals surface area contributed by atoms with E-state index in [1.807, 2.05) is 35.2 Å². The Labute approximate surface area is 179 Å². The van der Waals surface area contributed by atoms with Crippen LogP contribution < -0.4 is 9.80 Å². The van der Waals surface area contributed by atoms with Gasteiger partial charge in [-0.2, -0.15) is 0 Å². The van der Waals surface area contributed by atoms with Crippen LogP contribution in [0.2, 0.25) is 0 Å². The molecule has 1 N–H and O–H groups in total. The Morgan fingerprint density at radius 1 is 1.07 bits per heavy atom. The zero-order valence-corrected chi connectivity index (χ0v) is 17.7. The van der Waals surface area contributed by atoms with Crippen molar-refractivity contribution in [1.29, 1.82) is 0 Å². The van der Waals surface area contributed by atoms with Gasteiger partial charge in [0.25, 0.3) is 5.91 Å². The summed E-state index contributed by atoms with van der Waals surface area (Å²) in [5.41, 5.74) is 2.58. The standard InChI is InChI=1S/C23H24N4O2S/c28-22-9-4-10-27(22)18-6-3-5-17(15-18)23(29)26-13-11-25(12-14-26)16-21-24-19-7-1-2-8-20(19)30-21/h1-3,5-8,15H,4,9-14,16H2/p+1. The number of hydrogen-bond acceptors (Lipinski definition) is 4. The summed E-state index contributed by atoms with van der Waals surface area (Å²) in [5, 5.41) is 1.16. The summed E-state index contributed by atoms with van der Waals surface area (Å²) in [6.07, 6.45) is 1.48. The van der Waals surface area contributed by atoms with Crippen molar-refractivity contribution in [2.45, 2.75) is 19.4 Å². The minimum absolute atomic E-state index is 0.0579. The van der Waals surface area contributed by atoms with Gasteiger partial charge in [-0.25, -0.2) is 4.98 Å². The van der Waals surface area contributed by atoms with Gasteiger partial charge in [0.05, 0.1) is 36.4 Å². The molecular formula is C23H25N4O2S+. The van der Waals surface area contributed by atoms with Crippen molar-refractivity contribution >= 4 is 39.1 Å². The van der Waals surface area contributed by atoms with Gasteiger partial charge in [0, 0.05) is 24.2 Å². The fourth-order valence-electron chi connectivity index (χ4n) is 4.32. The third kappa shape index (κ3) is 3.82. The zero-order valence-electron chi connectivity index (χ0n) is 16.8. The molecule has 7 heteroatoms. The average Bonchev–Trinajstić information content (AvgIpc) is 3.39. The van der Waals surface area contributed by atoms with Crippen molar-refractivity contribution in [1.82, 2.24) is 9.88 Å². The van der Waals surface area contributed by atoms with Crippen LogP contribution in [-0.2, 0) is 11.3 Å². The van der Waals surface area contributed by atoms with Crippen molar-refractivity contribution in [3.8, 4) is 0 Å². The lowest BCUT2D eigenvalue weighted by Crippen LogP contribution is -3.13. The second kappa shape index (κ2) is 8.16. The van der Waals surface area contributed by atoms with Gasteiger partial charge in [-0.15, -0.1) is 11.3 Å². The van der Waals surface area contributed by atoms with E-state index in [4.69, 9.17) is 4.98 Å². The van der Waals surface area contributed by atoms with Crippen LogP contribution in [0.3, 0.4) is 0 Å². The van der Waals surface area contributed by atoms with Crippen LogP contribution in [0.15, 0.2) is 48.5 Å². The van der Waals surface area contributed by atoms with E-state index in [0.717, 1.165) is 61.9 Å². The van der Waals surface area contributed by atoms with Crippen LogP contribution in [0.4, 0.5) is 5.69 Å². The normalized spacial score (nSPS) is 17.8. The Hall–Kier alpha value is -2.77. The SMILES string of the molecule is O=C(c1cccc(N2CCCC2=O)c1)N1CC[NH+](Cc2nc3ccccc3s2)CC1. The Bertz CT molecular complexity index is 1050. The highest BCUT2D eigenvalue weighted by molar-refractivity contribution is 7.18. The number of para-hydroxylation sites is 1. The third-order valence-corrected chi connectivity index (χ3v) is 7.01. The predicted molar refractivity (Wildman–Crippen MR) is 118 cm³/mol. The van der Waals surface area contributed by atoms with Gasteiger partial charge in [0.15, 0.2) is 0 Å². The molecule has 0 spiro atoms. The summed E-state index contributed by atoms with van der Waals surface area (Å²) in [6.45, 7) is 4.98. The molecule has 2 aliphatic heterocycles. The molecule has 30 heavy (non-hydrogen) atoms. The van der Waals surface area contributed by atoms with Crippen LogP contribution >= 0.6 is 11.3 Å². The molecule has 5 rings (SSSR count). The van der Waals surface area contributed by atoms with E-state index < -0.39 is 0 Å². The molecule has 2 amide bonds. The van der Waals surface area contributed by atoms with E-state index in [2.05, 4.69) is 18.2 Å². The van der Waals surface area contributed by atoms with Gasteiger partial charge in [-0.05, 0) is 36.8 Å². The number of amides is 2. The van der Waals surface area contributed by atoms with Crippen molar-refractivity contribution in [3.05, 3.63) is 59.1 Å². The summed E-state index contributed by atoms with van der Waals surface area (Å²) in [4.78, 5) is 35.0. The third-order valence-electron chi connectivity index (χ3n) is 5.98. The molecule has 1 aromatic heterocycles. The van der Waals surface area contributed by atoms with Gasteiger partial charge in [0.1, 0.15) is 11.6 Å². The van der Waals surface area contributed by atoms with Crippen molar-refractivity contribution in [2.75, 3.05) is 37.6 Å². The molecule has 6 nitrogen and oxygen atoms in total. The smallest absolute Gasteiger partial charge is 0.254 e. The predicted octanol–water partition coefficient (Wildman–Crippen LogP) is 1.96. The first-order valence-electron chi connectivity index (χ1n) is 10.5. The number of thiazole rings is 1. The van der Waals surface area contributed by atoms with Crippen molar-refractivity contribution in [3.63, 3.8) is 0 Å². The van der Waals surface area contributed by atoms with E-state index >= 15 is 0 Å². The van der Waals surface area contributed by atoms with E-state index in [1.54, 1.807) is 16.2 Å². The first-order valence-corrected chi connectivity index (χ1v) is 11.4. The summed E-state index contributed by atoms with van der Waals surface area (Å²) >= 11 is 1.76. The number of fused-ring (bicyclic) bond motifs is 1. The van der Waals surface area contributed by atoms with E-state index in [1.165, 1.54) is 9.60 Å². The number of nitrogens with one attached hydrogen (secondary N) is 1. The highest BCUT2D eigenvalue weighted by Gasteiger charge is 2.27. The number of carbonyl (C=O) groups is 2. The topological polar surface area (TPSA) is 58.0 Å². The van der Waals surface area contributed by atoms with Crippen LogP contribution in [0, 0.1) is 0 Å².